The van der Waals surface area contributed by atoms with Gasteiger partial charge >= 0.3 is 6.36 Å². The fraction of sp³-hybridized carbons (Fsp3) is 0.333. The van der Waals surface area contributed by atoms with Gasteiger partial charge in [0.1, 0.15) is 0 Å². The van der Waals surface area contributed by atoms with Crippen LogP contribution in [0.4, 0.5) is 13.2 Å². The summed E-state index contributed by atoms with van der Waals surface area (Å²) < 4.78 is 44.5. The fourth-order valence-corrected chi connectivity index (χ4v) is 1.23. The largest absolute Gasteiger partial charge is 0.573 e. The van der Waals surface area contributed by atoms with Gasteiger partial charge in [-0.3, -0.25) is 4.79 Å². The maximum atomic E-state index is 12.0. The molecule has 0 N–H and O–H groups in total. The molecule has 0 aromatic carbocycles. The van der Waals surface area contributed by atoms with Gasteiger partial charge in [-0.25, -0.2) is 4.98 Å². The van der Waals surface area contributed by atoms with Crippen molar-refractivity contribution in [3.8, 4) is 11.5 Å². The molecule has 0 saturated heterocycles. The number of aryl methyl sites for hydroxylation is 1. The second kappa shape index (κ2) is 4.79. The van der Waals surface area contributed by atoms with Crippen molar-refractivity contribution in [2.24, 2.45) is 0 Å². The lowest BCUT2D eigenvalue weighted by atomic mass is 10.2. The van der Waals surface area contributed by atoms with E-state index in [2.05, 4.69) is 9.72 Å². The van der Waals surface area contributed by atoms with Crippen molar-refractivity contribution in [3.63, 3.8) is 0 Å². The van der Waals surface area contributed by atoms with Crippen LogP contribution in [0.15, 0.2) is 6.07 Å². The predicted octanol–water partition coefficient (Wildman–Crippen LogP) is 2.68. The quantitative estimate of drug-likeness (QED) is 0.792. The summed E-state index contributed by atoms with van der Waals surface area (Å²) >= 11 is 5.20. The molecule has 0 saturated carbocycles. The number of pyridine rings is 1. The maximum Gasteiger partial charge on any atom is 0.573 e. The van der Waals surface area contributed by atoms with E-state index in [9.17, 15) is 18.0 Å². The van der Waals surface area contributed by atoms with Crippen LogP contribution in [0.5, 0.6) is 11.5 Å². The molecule has 0 bridgehead atoms. The van der Waals surface area contributed by atoms with Crippen LogP contribution in [0.3, 0.4) is 0 Å². The standard InChI is InChI=1S/C9H7ClF3NO3/c1-4-5(17-9(11,12)13)3-6(16-2)7(14-4)8(10)15/h3H,1-2H3. The second-order valence-electron chi connectivity index (χ2n) is 2.94. The zero-order valence-corrected chi connectivity index (χ0v) is 9.52. The van der Waals surface area contributed by atoms with E-state index in [1.54, 1.807) is 0 Å². The smallest absolute Gasteiger partial charge is 0.494 e. The van der Waals surface area contributed by atoms with E-state index >= 15 is 0 Å². The molecule has 0 fully saturated rings. The SMILES string of the molecule is COc1cc(OC(F)(F)F)c(C)nc1C(=O)Cl. The first kappa shape index (κ1) is 13.6. The number of methoxy groups -OCH3 is 1. The number of carbonyl (C=O) groups is 1. The van der Waals surface area contributed by atoms with Crippen LogP contribution in [0.25, 0.3) is 0 Å². The first-order chi connectivity index (χ1) is 7.74. The molecule has 0 aliphatic rings. The summed E-state index contributed by atoms with van der Waals surface area (Å²) in [5, 5.41) is -0.927. The highest BCUT2D eigenvalue weighted by Gasteiger charge is 2.32. The summed E-state index contributed by atoms with van der Waals surface area (Å²) in [5.41, 5.74) is -0.381. The predicted molar refractivity (Wildman–Crippen MR) is 52.4 cm³/mol. The Labute approximate surface area is 99.3 Å². The van der Waals surface area contributed by atoms with Crippen molar-refractivity contribution in [2.75, 3.05) is 7.11 Å². The number of rotatable bonds is 3. The molecule has 4 nitrogen and oxygen atoms in total. The lowest BCUT2D eigenvalue weighted by Gasteiger charge is -2.13. The summed E-state index contributed by atoms with van der Waals surface area (Å²) in [7, 11) is 1.17. The van der Waals surface area contributed by atoms with Gasteiger partial charge in [0.15, 0.2) is 17.2 Å². The van der Waals surface area contributed by atoms with E-state index in [-0.39, 0.29) is 17.1 Å². The highest BCUT2D eigenvalue weighted by Crippen LogP contribution is 2.30. The fourth-order valence-electron chi connectivity index (χ4n) is 1.09. The number of carbonyl (C=O) groups excluding carboxylic acids is 1. The van der Waals surface area contributed by atoms with Gasteiger partial charge in [-0.15, -0.1) is 13.2 Å². The van der Waals surface area contributed by atoms with Crippen LogP contribution in [0.1, 0.15) is 16.2 Å². The lowest BCUT2D eigenvalue weighted by molar-refractivity contribution is -0.275. The summed E-state index contributed by atoms with van der Waals surface area (Å²) in [6.07, 6.45) is -4.84. The molecule has 0 aliphatic heterocycles. The minimum atomic E-state index is -4.84. The third-order valence-corrected chi connectivity index (χ3v) is 1.94. The van der Waals surface area contributed by atoms with Crippen molar-refractivity contribution in [2.45, 2.75) is 13.3 Å². The van der Waals surface area contributed by atoms with Crippen LogP contribution >= 0.6 is 11.6 Å². The first-order valence-electron chi connectivity index (χ1n) is 4.26. The van der Waals surface area contributed by atoms with Crippen molar-refractivity contribution in [1.82, 2.24) is 4.98 Å². The lowest BCUT2D eigenvalue weighted by Crippen LogP contribution is -2.18. The molecule has 0 aliphatic carbocycles. The van der Waals surface area contributed by atoms with Crippen molar-refractivity contribution < 1.29 is 27.4 Å². The number of alkyl halides is 3. The third-order valence-electron chi connectivity index (χ3n) is 1.76. The van der Waals surface area contributed by atoms with E-state index in [4.69, 9.17) is 16.3 Å². The topological polar surface area (TPSA) is 48.4 Å². The average molecular weight is 270 g/mol. The second-order valence-corrected chi connectivity index (χ2v) is 3.29. The highest BCUT2D eigenvalue weighted by molar-refractivity contribution is 6.67. The van der Waals surface area contributed by atoms with E-state index in [1.165, 1.54) is 14.0 Å². The van der Waals surface area contributed by atoms with Crippen LogP contribution < -0.4 is 9.47 Å². The first-order valence-corrected chi connectivity index (χ1v) is 4.63. The maximum absolute atomic E-state index is 12.0. The molecule has 0 spiro atoms. The van der Waals surface area contributed by atoms with Crippen molar-refractivity contribution in [1.29, 1.82) is 0 Å². The van der Waals surface area contributed by atoms with Gasteiger partial charge in [0.2, 0.25) is 0 Å². The van der Waals surface area contributed by atoms with Gasteiger partial charge in [-0.05, 0) is 18.5 Å². The van der Waals surface area contributed by atoms with Gasteiger partial charge in [-0.2, -0.15) is 0 Å². The van der Waals surface area contributed by atoms with Crippen LogP contribution in [-0.2, 0) is 0 Å². The molecular weight excluding hydrogens is 263 g/mol. The van der Waals surface area contributed by atoms with E-state index in [0.717, 1.165) is 6.07 Å². The molecule has 94 valence electrons. The third kappa shape index (κ3) is 3.48. The van der Waals surface area contributed by atoms with Gasteiger partial charge < -0.3 is 9.47 Å². The molecule has 1 aromatic heterocycles. The number of aromatic nitrogens is 1. The van der Waals surface area contributed by atoms with Crippen LogP contribution in [0.2, 0.25) is 0 Å². The van der Waals surface area contributed by atoms with Crippen LogP contribution in [-0.4, -0.2) is 23.7 Å². The minimum absolute atomic E-state index is 0.118. The van der Waals surface area contributed by atoms with Gasteiger partial charge in [-0.1, -0.05) is 0 Å². The zero-order chi connectivity index (χ0) is 13.2. The van der Waals surface area contributed by atoms with Gasteiger partial charge in [0, 0.05) is 6.07 Å². The Kier molecular flexibility index (Phi) is 3.82. The molecule has 0 radical (unpaired) electrons. The summed E-state index contributed by atoms with van der Waals surface area (Å²) in [6.45, 7) is 1.25. The molecule has 1 heterocycles. The number of ether oxygens (including phenoxy) is 2. The number of hydrogen-bond acceptors (Lipinski definition) is 4. The zero-order valence-electron chi connectivity index (χ0n) is 8.76. The number of hydrogen-bond donors (Lipinski definition) is 0. The Morgan fingerprint density at radius 2 is 2.00 bits per heavy atom. The number of nitrogens with zero attached hydrogens (tertiary/aromatic N) is 1. The molecule has 0 atom stereocenters. The average Bonchev–Trinajstić information content (AvgIpc) is 2.18. The summed E-state index contributed by atoms with van der Waals surface area (Å²) in [6, 6.07) is 0.908. The monoisotopic (exact) mass is 269 g/mol. The molecular formula is C9H7ClF3NO3. The highest BCUT2D eigenvalue weighted by atomic mass is 35.5. The van der Waals surface area contributed by atoms with Gasteiger partial charge in [0.05, 0.1) is 12.8 Å². The summed E-state index contributed by atoms with van der Waals surface area (Å²) in [4.78, 5) is 14.5. The Morgan fingerprint density at radius 1 is 1.41 bits per heavy atom. The summed E-state index contributed by atoms with van der Waals surface area (Å²) in [5.74, 6) is -0.731. The molecule has 0 amide bonds. The Bertz CT molecular complexity index is 448. The van der Waals surface area contributed by atoms with E-state index in [0.29, 0.717) is 0 Å². The van der Waals surface area contributed by atoms with Crippen molar-refractivity contribution >= 4 is 16.8 Å². The molecule has 1 rings (SSSR count). The van der Waals surface area contributed by atoms with E-state index in [1.807, 2.05) is 0 Å². The Morgan fingerprint density at radius 3 is 2.41 bits per heavy atom. The Balaban J connectivity index is 3.23. The van der Waals surface area contributed by atoms with Crippen molar-refractivity contribution in [3.05, 3.63) is 17.5 Å². The molecule has 0 unspecified atom stereocenters. The Hall–Kier alpha value is -1.50. The molecule has 17 heavy (non-hydrogen) atoms. The number of halogens is 4. The molecule has 8 heteroatoms. The van der Waals surface area contributed by atoms with Gasteiger partial charge in [0.25, 0.3) is 5.24 Å². The molecule has 1 aromatic rings. The van der Waals surface area contributed by atoms with E-state index < -0.39 is 17.4 Å². The van der Waals surface area contributed by atoms with Crippen LogP contribution in [0, 0.1) is 6.92 Å². The minimum Gasteiger partial charge on any atom is -0.494 e. The normalized spacial score (nSPS) is 11.2.